The van der Waals surface area contributed by atoms with Gasteiger partial charge in [0.25, 0.3) is 0 Å². The van der Waals surface area contributed by atoms with Gasteiger partial charge in [-0.1, -0.05) is 12.1 Å². The minimum Gasteiger partial charge on any atom is -0.453 e. The fourth-order valence-corrected chi connectivity index (χ4v) is 2.94. The van der Waals surface area contributed by atoms with Crippen LogP contribution in [0.3, 0.4) is 0 Å². The molecule has 144 valence electrons. The van der Waals surface area contributed by atoms with Crippen LogP contribution in [0.25, 0.3) is 22.4 Å². The summed E-state index contributed by atoms with van der Waals surface area (Å²) in [7, 11) is 1.31. The normalized spacial score (nSPS) is 14.1. The zero-order valence-electron chi connectivity index (χ0n) is 15.3. The molecule has 1 saturated heterocycles. The molecule has 4 rings (SSSR count). The van der Waals surface area contributed by atoms with Gasteiger partial charge in [0.2, 0.25) is 5.95 Å². The van der Waals surface area contributed by atoms with E-state index in [0.29, 0.717) is 54.7 Å². The van der Waals surface area contributed by atoms with Crippen LogP contribution in [-0.2, 0) is 9.47 Å². The highest BCUT2D eigenvalue weighted by Crippen LogP contribution is 2.26. The molecule has 0 saturated carbocycles. The number of fused-ring (bicyclic) bond motifs is 1. The number of methoxy groups -OCH3 is 1. The predicted molar refractivity (Wildman–Crippen MR) is 104 cm³/mol. The molecule has 1 amide bonds. The fraction of sp³-hybridized carbons (Fsp3) is 0.278. The topological polar surface area (TPSA) is 128 Å². The minimum absolute atomic E-state index is 0.161. The lowest BCUT2D eigenvalue weighted by Gasteiger charge is -2.28. The number of hydrogen-bond donors (Lipinski definition) is 2. The van der Waals surface area contributed by atoms with Crippen LogP contribution >= 0.6 is 0 Å². The van der Waals surface area contributed by atoms with Gasteiger partial charge in [0.05, 0.1) is 32.2 Å². The molecule has 1 aliphatic heterocycles. The van der Waals surface area contributed by atoms with E-state index >= 15 is 0 Å². The van der Waals surface area contributed by atoms with Crippen molar-refractivity contribution in [2.45, 2.75) is 0 Å². The summed E-state index contributed by atoms with van der Waals surface area (Å²) in [6.07, 6.45) is 1.11. The number of ether oxygens (including phenoxy) is 2. The van der Waals surface area contributed by atoms with Crippen LogP contribution in [0.4, 0.5) is 22.2 Å². The first-order chi connectivity index (χ1) is 13.6. The quantitative estimate of drug-likeness (QED) is 0.696. The van der Waals surface area contributed by atoms with Gasteiger partial charge in [-0.05, 0) is 12.1 Å². The summed E-state index contributed by atoms with van der Waals surface area (Å²) in [5.41, 5.74) is 9.02. The zero-order valence-corrected chi connectivity index (χ0v) is 15.3. The van der Waals surface area contributed by atoms with Gasteiger partial charge in [-0.3, -0.25) is 5.32 Å². The molecule has 0 radical (unpaired) electrons. The summed E-state index contributed by atoms with van der Waals surface area (Å²) >= 11 is 0. The number of hydrogen-bond acceptors (Lipinski definition) is 9. The van der Waals surface area contributed by atoms with Gasteiger partial charge in [0.1, 0.15) is 0 Å². The first kappa shape index (κ1) is 17.9. The van der Waals surface area contributed by atoms with E-state index in [1.165, 1.54) is 7.11 Å². The molecule has 3 heterocycles. The van der Waals surface area contributed by atoms with Crippen molar-refractivity contribution in [1.82, 2.24) is 19.9 Å². The minimum atomic E-state index is -0.525. The predicted octanol–water partition coefficient (Wildman–Crippen LogP) is 1.68. The molecule has 28 heavy (non-hydrogen) atoms. The lowest BCUT2D eigenvalue weighted by Crippen LogP contribution is -2.37. The van der Waals surface area contributed by atoms with Crippen LogP contribution < -0.4 is 16.0 Å². The molecule has 0 spiro atoms. The van der Waals surface area contributed by atoms with E-state index in [1.54, 1.807) is 18.3 Å². The Morgan fingerprint density at radius 3 is 2.64 bits per heavy atom. The number of morpholine rings is 1. The van der Waals surface area contributed by atoms with Crippen LogP contribution in [-0.4, -0.2) is 59.4 Å². The third-order valence-electron chi connectivity index (χ3n) is 4.33. The highest BCUT2D eigenvalue weighted by molar-refractivity contribution is 5.87. The average molecular weight is 381 g/mol. The fourth-order valence-electron chi connectivity index (χ4n) is 2.94. The number of nitrogens with two attached hydrogens (primary N) is 1. The SMILES string of the molecule is COC(=O)Nc1ccc(-c2cnc3nc(N)nc(N4CCOCC4)c3n2)cc1. The van der Waals surface area contributed by atoms with Gasteiger partial charge in [0, 0.05) is 24.3 Å². The van der Waals surface area contributed by atoms with Crippen molar-refractivity contribution < 1.29 is 14.3 Å². The number of aromatic nitrogens is 4. The maximum Gasteiger partial charge on any atom is 0.411 e. The summed E-state index contributed by atoms with van der Waals surface area (Å²) in [6.45, 7) is 2.64. The smallest absolute Gasteiger partial charge is 0.411 e. The first-order valence-electron chi connectivity index (χ1n) is 8.72. The van der Waals surface area contributed by atoms with Crippen molar-refractivity contribution in [2.24, 2.45) is 0 Å². The van der Waals surface area contributed by atoms with E-state index in [9.17, 15) is 4.79 Å². The lowest BCUT2D eigenvalue weighted by molar-refractivity contribution is 0.122. The van der Waals surface area contributed by atoms with Crippen LogP contribution in [0.15, 0.2) is 30.5 Å². The van der Waals surface area contributed by atoms with Crippen LogP contribution in [0, 0.1) is 0 Å². The van der Waals surface area contributed by atoms with Gasteiger partial charge in [-0.25, -0.2) is 14.8 Å². The molecule has 10 heteroatoms. The zero-order chi connectivity index (χ0) is 19.5. The molecular weight excluding hydrogens is 362 g/mol. The Balaban J connectivity index is 1.70. The largest absolute Gasteiger partial charge is 0.453 e. The van der Waals surface area contributed by atoms with E-state index in [4.69, 9.17) is 15.5 Å². The Bertz CT molecular complexity index is 1000. The number of carbonyl (C=O) groups is 1. The first-order valence-corrected chi connectivity index (χ1v) is 8.72. The maximum absolute atomic E-state index is 11.3. The molecule has 0 unspecified atom stereocenters. The Kier molecular flexibility index (Phi) is 4.85. The number of benzene rings is 1. The molecule has 1 aromatic carbocycles. The monoisotopic (exact) mass is 381 g/mol. The molecule has 2 aromatic heterocycles. The summed E-state index contributed by atoms with van der Waals surface area (Å²) in [5, 5.41) is 2.61. The van der Waals surface area contributed by atoms with E-state index < -0.39 is 6.09 Å². The van der Waals surface area contributed by atoms with Crippen molar-refractivity contribution in [3.8, 4) is 11.3 Å². The van der Waals surface area contributed by atoms with E-state index in [1.807, 2.05) is 12.1 Å². The molecule has 0 bridgehead atoms. The average Bonchev–Trinajstić information content (AvgIpc) is 2.74. The number of rotatable bonds is 3. The standard InChI is InChI=1S/C18H19N7O3/c1-27-18(26)21-12-4-2-11(3-5-12)13-10-20-15-14(22-13)16(24-17(19)23-15)25-6-8-28-9-7-25/h2-5,10H,6-9H2,1H3,(H,21,26)(H2,19,20,23,24). The third-order valence-corrected chi connectivity index (χ3v) is 4.33. The second-order valence-corrected chi connectivity index (χ2v) is 6.13. The van der Waals surface area contributed by atoms with Crippen molar-refractivity contribution in [3.05, 3.63) is 30.5 Å². The number of amides is 1. The Morgan fingerprint density at radius 2 is 1.93 bits per heavy atom. The molecule has 0 aliphatic carbocycles. The van der Waals surface area contributed by atoms with Crippen molar-refractivity contribution in [3.63, 3.8) is 0 Å². The van der Waals surface area contributed by atoms with Gasteiger partial charge >= 0.3 is 6.09 Å². The number of nitrogen functional groups attached to an aromatic ring is 1. The van der Waals surface area contributed by atoms with Gasteiger partial charge in [-0.2, -0.15) is 9.97 Å². The molecule has 3 aromatic rings. The molecular formula is C18H19N7O3. The van der Waals surface area contributed by atoms with Gasteiger partial charge in [0.15, 0.2) is 17.0 Å². The molecule has 1 fully saturated rings. The number of nitrogens with one attached hydrogen (secondary N) is 1. The molecule has 1 aliphatic rings. The molecule has 0 atom stereocenters. The number of nitrogens with zero attached hydrogens (tertiary/aromatic N) is 5. The van der Waals surface area contributed by atoms with E-state index in [0.717, 1.165) is 5.56 Å². The van der Waals surface area contributed by atoms with Crippen LogP contribution in [0.2, 0.25) is 0 Å². The van der Waals surface area contributed by atoms with E-state index in [2.05, 4.69) is 29.9 Å². The lowest BCUT2D eigenvalue weighted by atomic mass is 10.1. The highest BCUT2D eigenvalue weighted by atomic mass is 16.5. The molecule has 10 nitrogen and oxygen atoms in total. The Morgan fingerprint density at radius 1 is 1.18 bits per heavy atom. The van der Waals surface area contributed by atoms with Crippen LogP contribution in [0.1, 0.15) is 0 Å². The highest BCUT2D eigenvalue weighted by Gasteiger charge is 2.19. The Labute approximate surface area is 160 Å². The second-order valence-electron chi connectivity index (χ2n) is 6.13. The maximum atomic E-state index is 11.3. The third kappa shape index (κ3) is 3.62. The molecule has 3 N–H and O–H groups in total. The number of carbonyl (C=O) groups excluding carboxylic acids is 1. The van der Waals surface area contributed by atoms with Crippen LogP contribution in [0.5, 0.6) is 0 Å². The van der Waals surface area contributed by atoms with Crippen molar-refractivity contribution in [1.29, 1.82) is 0 Å². The van der Waals surface area contributed by atoms with Crippen molar-refractivity contribution in [2.75, 3.05) is 49.4 Å². The summed E-state index contributed by atoms with van der Waals surface area (Å²) in [6, 6.07) is 7.21. The van der Waals surface area contributed by atoms with Gasteiger partial charge < -0.3 is 20.1 Å². The Hall–Kier alpha value is -3.53. The van der Waals surface area contributed by atoms with E-state index in [-0.39, 0.29) is 5.95 Å². The summed E-state index contributed by atoms with van der Waals surface area (Å²) < 4.78 is 10.00. The summed E-state index contributed by atoms with van der Waals surface area (Å²) in [4.78, 5) is 31.1. The second kappa shape index (κ2) is 7.61. The summed E-state index contributed by atoms with van der Waals surface area (Å²) in [5.74, 6) is 0.818. The number of anilines is 3. The van der Waals surface area contributed by atoms with Gasteiger partial charge in [-0.15, -0.1) is 0 Å². The van der Waals surface area contributed by atoms with Crippen molar-refractivity contribution >= 4 is 34.7 Å².